The number of aromatic nitrogens is 2. The van der Waals surface area contributed by atoms with E-state index in [9.17, 15) is 0 Å². The summed E-state index contributed by atoms with van der Waals surface area (Å²) in [6.07, 6.45) is 1.01. The molecule has 0 spiro atoms. The molecular formula is C12H22N4OS. The largest absolute Gasteiger partial charge is 0.385 e. The maximum atomic E-state index is 5.50. The number of nitrogens with zero attached hydrogens (tertiary/aromatic N) is 2. The predicted molar refractivity (Wildman–Crippen MR) is 75.9 cm³/mol. The number of hydrogen-bond donors (Lipinski definition) is 2. The monoisotopic (exact) mass is 270 g/mol. The van der Waals surface area contributed by atoms with E-state index in [4.69, 9.17) is 10.6 Å². The summed E-state index contributed by atoms with van der Waals surface area (Å²) in [6, 6.07) is 0. The summed E-state index contributed by atoms with van der Waals surface area (Å²) in [4.78, 5) is 9.00. The van der Waals surface area contributed by atoms with Crippen LogP contribution in [0.1, 0.15) is 37.6 Å². The molecule has 102 valence electrons. The van der Waals surface area contributed by atoms with Crippen LogP contribution in [0.15, 0.2) is 5.03 Å². The zero-order valence-corrected chi connectivity index (χ0v) is 12.3. The van der Waals surface area contributed by atoms with Crippen LogP contribution in [-0.2, 0) is 4.74 Å². The molecule has 1 aromatic heterocycles. The second-order valence-corrected chi connectivity index (χ2v) is 5.44. The topological polar surface area (TPSA) is 73.1 Å². The van der Waals surface area contributed by atoms with E-state index in [1.54, 1.807) is 18.9 Å². The molecule has 1 aromatic rings. The van der Waals surface area contributed by atoms with Crippen molar-refractivity contribution < 1.29 is 4.74 Å². The quantitative estimate of drug-likeness (QED) is 0.260. The second-order valence-electron chi connectivity index (χ2n) is 4.35. The zero-order valence-electron chi connectivity index (χ0n) is 11.5. The molecule has 0 fully saturated rings. The summed E-state index contributed by atoms with van der Waals surface area (Å²) < 4.78 is 5.04. The molecule has 1 rings (SSSR count). The van der Waals surface area contributed by atoms with E-state index >= 15 is 0 Å². The van der Waals surface area contributed by atoms with Crippen LogP contribution in [0.2, 0.25) is 0 Å². The Morgan fingerprint density at radius 3 is 2.67 bits per heavy atom. The Morgan fingerprint density at radius 2 is 2.11 bits per heavy atom. The van der Waals surface area contributed by atoms with Gasteiger partial charge in [-0.1, -0.05) is 13.8 Å². The molecule has 0 bridgehead atoms. The molecule has 0 amide bonds. The van der Waals surface area contributed by atoms with Crippen molar-refractivity contribution in [1.29, 1.82) is 0 Å². The number of hydrazine groups is 1. The number of rotatable bonds is 7. The normalized spacial score (nSPS) is 11.0. The Kier molecular flexibility index (Phi) is 6.38. The minimum absolute atomic E-state index is 0.288. The lowest BCUT2D eigenvalue weighted by atomic mass is 10.2. The molecule has 5 nitrogen and oxygen atoms in total. The van der Waals surface area contributed by atoms with E-state index in [0.29, 0.717) is 5.82 Å². The lowest BCUT2D eigenvalue weighted by molar-refractivity contribution is 0.200. The highest BCUT2D eigenvalue weighted by atomic mass is 32.2. The SMILES string of the molecule is COCCCSc1nc(C(C)C)nc(NN)c1C. The van der Waals surface area contributed by atoms with E-state index < -0.39 is 0 Å². The van der Waals surface area contributed by atoms with Crippen molar-refractivity contribution in [3.8, 4) is 0 Å². The highest BCUT2D eigenvalue weighted by Gasteiger charge is 2.12. The maximum Gasteiger partial charge on any atom is 0.147 e. The average Bonchev–Trinajstić information content (AvgIpc) is 2.36. The van der Waals surface area contributed by atoms with E-state index in [-0.39, 0.29) is 5.92 Å². The smallest absolute Gasteiger partial charge is 0.147 e. The molecule has 3 N–H and O–H groups in total. The van der Waals surface area contributed by atoms with Crippen LogP contribution in [0.4, 0.5) is 5.82 Å². The minimum atomic E-state index is 0.288. The average molecular weight is 270 g/mol. The molecule has 18 heavy (non-hydrogen) atoms. The fraction of sp³-hybridized carbons (Fsp3) is 0.667. The molecule has 6 heteroatoms. The van der Waals surface area contributed by atoms with Crippen molar-refractivity contribution >= 4 is 17.6 Å². The van der Waals surface area contributed by atoms with Crippen LogP contribution in [0.3, 0.4) is 0 Å². The molecule has 0 aliphatic carbocycles. The molecule has 0 radical (unpaired) electrons. The first kappa shape index (κ1) is 15.2. The van der Waals surface area contributed by atoms with Gasteiger partial charge in [-0.15, -0.1) is 11.8 Å². The summed E-state index contributed by atoms with van der Waals surface area (Å²) in [5, 5.41) is 0.998. The Bertz CT molecular complexity index is 385. The van der Waals surface area contributed by atoms with Crippen LogP contribution in [0.25, 0.3) is 0 Å². The lowest BCUT2D eigenvalue weighted by Crippen LogP contribution is -2.13. The molecule has 0 atom stereocenters. The van der Waals surface area contributed by atoms with Gasteiger partial charge < -0.3 is 10.2 Å². The van der Waals surface area contributed by atoms with Gasteiger partial charge in [0.1, 0.15) is 16.7 Å². The molecule has 1 heterocycles. The van der Waals surface area contributed by atoms with Crippen LogP contribution in [0, 0.1) is 6.92 Å². The van der Waals surface area contributed by atoms with Gasteiger partial charge in [-0.3, -0.25) is 0 Å². The number of nitrogens with two attached hydrogens (primary N) is 1. The Hall–Kier alpha value is -0.850. The number of thioether (sulfide) groups is 1. The number of anilines is 1. The second kappa shape index (κ2) is 7.56. The first-order chi connectivity index (χ1) is 8.60. The third-order valence-corrected chi connectivity index (χ3v) is 3.67. The summed E-state index contributed by atoms with van der Waals surface area (Å²) in [6.45, 7) is 6.91. The summed E-state index contributed by atoms with van der Waals surface area (Å²) in [5.74, 6) is 8.30. The third-order valence-electron chi connectivity index (χ3n) is 2.50. The van der Waals surface area contributed by atoms with Gasteiger partial charge in [-0.25, -0.2) is 15.8 Å². The van der Waals surface area contributed by atoms with E-state index in [2.05, 4.69) is 29.2 Å². The summed E-state index contributed by atoms with van der Waals surface area (Å²) >= 11 is 1.72. The van der Waals surface area contributed by atoms with Crippen LogP contribution >= 0.6 is 11.8 Å². The van der Waals surface area contributed by atoms with Gasteiger partial charge in [0.05, 0.1) is 0 Å². The highest BCUT2D eigenvalue weighted by molar-refractivity contribution is 7.99. The Labute approximate surface area is 113 Å². The van der Waals surface area contributed by atoms with Gasteiger partial charge in [-0.05, 0) is 13.3 Å². The molecule has 0 saturated heterocycles. The molecule has 0 unspecified atom stereocenters. The third kappa shape index (κ3) is 4.12. The lowest BCUT2D eigenvalue weighted by Gasteiger charge is -2.13. The summed E-state index contributed by atoms with van der Waals surface area (Å²) in [7, 11) is 1.72. The van der Waals surface area contributed by atoms with Gasteiger partial charge in [-0.2, -0.15) is 0 Å². The van der Waals surface area contributed by atoms with Crippen molar-refractivity contribution in [2.24, 2.45) is 5.84 Å². The van der Waals surface area contributed by atoms with Crippen molar-refractivity contribution in [1.82, 2.24) is 9.97 Å². The van der Waals surface area contributed by atoms with Crippen LogP contribution < -0.4 is 11.3 Å². The number of nitrogen functional groups attached to an aromatic ring is 1. The van der Waals surface area contributed by atoms with E-state index in [1.807, 2.05) is 6.92 Å². The fourth-order valence-corrected chi connectivity index (χ4v) is 2.35. The van der Waals surface area contributed by atoms with Gasteiger partial charge in [0, 0.05) is 31.0 Å². The van der Waals surface area contributed by atoms with Crippen LogP contribution in [-0.4, -0.2) is 29.4 Å². The molecule has 0 aromatic carbocycles. The molecular weight excluding hydrogens is 248 g/mol. The minimum Gasteiger partial charge on any atom is -0.385 e. The van der Waals surface area contributed by atoms with Gasteiger partial charge >= 0.3 is 0 Å². The van der Waals surface area contributed by atoms with Gasteiger partial charge in [0.15, 0.2) is 0 Å². The maximum absolute atomic E-state index is 5.50. The predicted octanol–water partition coefficient (Wildman–Crippen LogP) is 2.32. The van der Waals surface area contributed by atoms with Crippen molar-refractivity contribution in [3.63, 3.8) is 0 Å². The number of hydrogen-bond acceptors (Lipinski definition) is 6. The fourth-order valence-electron chi connectivity index (χ4n) is 1.42. The Morgan fingerprint density at radius 1 is 1.39 bits per heavy atom. The Balaban J connectivity index is 2.84. The number of methoxy groups -OCH3 is 1. The molecule has 0 aliphatic rings. The first-order valence-corrected chi connectivity index (χ1v) is 7.05. The van der Waals surface area contributed by atoms with Crippen molar-refractivity contribution in [2.75, 3.05) is 24.9 Å². The van der Waals surface area contributed by atoms with Crippen molar-refractivity contribution in [2.45, 2.75) is 38.1 Å². The van der Waals surface area contributed by atoms with E-state index in [0.717, 1.165) is 35.2 Å². The van der Waals surface area contributed by atoms with Crippen LogP contribution in [0.5, 0.6) is 0 Å². The standard InChI is InChI=1S/C12H22N4OS/c1-8(2)10-14-11(16-13)9(3)12(15-10)18-7-5-6-17-4/h8H,5-7,13H2,1-4H3,(H,14,15,16). The molecule has 0 saturated carbocycles. The van der Waals surface area contributed by atoms with Crippen molar-refractivity contribution in [3.05, 3.63) is 11.4 Å². The highest BCUT2D eigenvalue weighted by Crippen LogP contribution is 2.26. The zero-order chi connectivity index (χ0) is 13.5. The van der Waals surface area contributed by atoms with Gasteiger partial charge in [0.2, 0.25) is 0 Å². The number of ether oxygens (including phenoxy) is 1. The van der Waals surface area contributed by atoms with E-state index in [1.165, 1.54) is 0 Å². The first-order valence-electron chi connectivity index (χ1n) is 6.07. The van der Waals surface area contributed by atoms with Gasteiger partial charge in [0.25, 0.3) is 0 Å². The summed E-state index contributed by atoms with van der Waals surface area (Å²) in [5.41, 5.74) is 3.65. The number of nitrogens with one attached hydrogen (secondary N) is 1. The molecule has 0 aliphatic heterocycles.